The van der Waals surface area contributed by atoms with Crippen molar-refractivity contribution in [3.63, 3.8) is 0 Å². The highest BCUT2D eigenvalue weighted by Gasteiger charge is 2.27. The molecule has 0 aliphatic heterocycles. The van der Waals surface area contributed by atoms with Crippen LogP contribution >= 0.6 is 0 Å². The molecule has 630 valence electrons. The van der Waals surface area contributed by atoms with E-state index in [1.54, 1.807) is 0 Å². The molecule has 0 spiro atoms. The molecule has 3 nitrogen and oxygen atoms in total. The molecule has 0 bridgehead atoms. The predicted octanol–water partition coefficient (Wildman–Crippen LogP) is 37.7. The zero-order valence-electron chi connectivity index (χ0n) is 82.9. The fraction of sp³-hybridized carbons (Fsp3) is 0. The lowest BCUT2D eigenvalue weighted by molar-refractivity contribution is 0.669. The molecule has 3 aromatic heterocycles. The summed E-state index contributed by atoms with van der Waals surface area (Å²) in [5, 5.41) is 18.3. The summed E-state index contributed by atoms with van der Waals surface area (Å²) in [5.41, 5.74) is 29.0. The smallest absolute Gasteiger partial charge is 0.143 e. The summed E-state index contributed by atoms with van der Waals surface area (Å²) in [6.07, 6.45) is 0. The molecular formula is C132H84O3. The van der Waals surface area contributed by atoms with Gasteiger partial charge in [-0.1, -0.05) is 449 Å². The lowest BCUT2D eigenvalue weighted by Gasteiger charge is -2.17. The highest BCUT2D eigenvalue weighted by Crippen LogP contribution is 2.53. The SMILES string of the molecule is [2H]c1c([2H])c([2H])c(-c2c3ccccc3c(-c3ccc4oc5c(-c6ccccc6)c(-c6ccccc6)ccc5c4c3)c3ccccc23)c([2H])c1[2H].[2H]c1c([2H])c([2H])c(-c2c3ccccc3c(-c3ccc4oc5cc(-c6ccccc6)cc(-c6ccccc6)c5c4c3)c3ccccc23)c([2H])c1[2H].c1ccc(-c2c3ccccc3c(-c3ccc4oc5c(-c6ccccc6)ccc(-c6ccccc6)c5c4c3)c3ccccc23)cc1. The highest BCUT2D eigenvalue weighted by molar-refractivity contribution is 6.27. The third-order valence-corrected chi connectivity index (χ3v) is 26.6. The number of hydrogen-bond donors (Lipinski definition) is 0. The van der Waals surface area contributed by atoms with Crippen molar-refractivity contribution in [3.8, 4) is 134 Å². The number of rotatable bonds is 12. The minimum absolute atomic E-state index is 0.202. The van der Waals surface area contributed by atoms with E-state index in [1.807, 2.05) is 146 Å². The first-order valence-electron chi connectivity index (χ1n) is 50.5. The summed E-state index contributed by atoms with van der Waals surface area (Å²) in [7, 11) is 0. The van der Waals surface area contributed by atoms with Crippen LogP contribution in [0, 0.1) is 0 Å². The Kier molecular flexibility index (Phi) is 17.4. The maximum absolute atomic E-state index is 8.87. The van der Waals surface area contributed by atoms with Gasteiger partial charge in [-0.05, 0) is 248 Å². The van der Waals surface area contributed by atoms with Crippen molar-refractivity contribution < 1.29 is 27.0 Å². The lowest BCUT2D eigenvalue weighted by atomic mass is 9.85. The van der Waals surface area contributed by atoms with E-state index in [-0.39, 0.29) is 59.5 Å². The van der Waals surface area contributed by atoms with E-state index < -0.39 is 12.1 Å². The van der Waals surface area contributed by atoms with Crippen molar-refractivity contribution in [1.82, 2.24) is 0 Å². The van der Waals surface area contributed by atoms with Crippen LogP contribution in [0.4, 0.5) is 0 Å². The summed E-state index contributed by atoms with van der Waals surface area (Å²) in [6.45, 7) is 0. The molecule has 27 aromatic rings. The Labute approximate surface area is 795 Å². The average molecular weight is 1730 g/mol. The van der Waals surface area contributed by atoms with Gasteiger partial charge in [-0.3, -0.25) is 0 Å². The van der Waals surface area contributed by atoms with Gasteiger partial charge in [-0.25, -0.2) is 0 Å². The van der Waals surface area contributed by atoms with Gasteiger partial charge in [-0.15, -0.1) is 0 Å². The van der Waals surface area contributed by atoms with Crippen LogP contribution in [0.3, 0.4) is 0 Å². The van der Waals surface area contributed by atoms with Gasteiger partial charge in [0.15, 0.2) is 0 Å². The molecule has 0 radical (unpaired) electrons. The predicted molar refractivity (Wildman–Crippen MR) is 571 cm³/mol. The molecule has 0 aliphatic carbocycles. The van der Waals surface area contributed by atoms with E-state index in [0.29, 0.717) is 11.1 Å². The molecule has 0 saturated heterocycles. The van der Waals surface area contributed by atoms with Crippen molar-refractivity contribution in [1.29, 1.82) is 0 Å². The van der Waals surface area contributed by atoms with Gasteiger partial charge < -0.3 is 13.3 Å². The van der Waals surface area contributed by atoms with Crippen LogP contribution in [0.2, 0.25) is 0 Å². The van der Waals surface area contributed by atoms with E-state index in [9.17, 15) is 0 Å². The Morgan fingerprint density at radius 2 is 0.415 bits per heavy atom. The second-order valence-electron chi connectivity index (χ2n) is 34.2. The number of fused-ring (bicyclic) bond motifs is 15. The van der Waals surface area contributed by atoms with Crippen molar-refractivity contribution in [2.45, 2.75) is 0 Å². The largest absolute Gasteiger partial charge is 0.456 e. The molecule has 0 saturated carbocycles. The van der Waals surface area contributed by atoms with Crippen LogP contribution in [0.5, 0.6) is 0 Å². The maximum Gasteiger partial charge on any atom is 0.143 e. The van der Waals surface area contributed by atoms with E-state index in [4.69, 9.17) is 27.0 Å². The Hall–Kier alpha value is -17.8. The first kappa shape index (κ1) is 69.3. The van der Waals surface area contributed by atoms with Crippen LogP contribution in [0.25, 0.3) is 264 Å². The molecule has 0 fully saturated rings. The Morgan fingerprint density at radius 1 is 0.133 bits per heavy atom. The van der Waals surface area contributed by atoms with Gasteiger partial charge in [0.2, 0.25) is 0 Å². The van der Waals surface area contributed by atoms with Crippen molar-refractivity contribution >= 4 is 130 Å². The summed E-state index contributed by atoms with van der Waals surface area (Å²) < 4.78 is 106. The van der Waals surface area contributed by atoms with Gasteiger partial charge in [0, 0.05) is 43.4 Å². The maximum atomic E-state index is 8.87. The van der Waals surface area contributed by atoms with Crippen LogP contribution < -0.4 is 0 Å². The first-order valence-corrected chi connectivity index (χ1v) is 45.5. The molecule has 0 atom stereocenters. The van der Waals surface area contributed by atoms with Crippen LogP contribution in [-0.2, 0) is 0 Å². The third kappa shape index (κ3) is 14.0. The fourth-order valence-corrected chi connectivity index (χ4v) is 20.7. The Balaban J connectivity index is 0.000000114. The molecule has 0 unspecified atom stereocenters. The van der Waals surface area contributed by atoms with Crippen molar-refractivity contribution in [2.75, 3.05) is 0 Å². The van der Waals surface area contributed by atoms with Crippen LogP contribution in [0.1, 0.15) is 13.7 Å². The van der Waals surface area contributed by atoms with E-state index in [1.165, 1.54) is 54.9 Å². The van der Waals surface area contributed by atoms with Gasteiger partial charge in [0.25, 0.3) is 0 Å². The number of furan rings is 3. The number of benzene rings is 24. The van der Waals surface area contributed by atoms with Crippen LogP contribution in [0.15, 0.2) is 523 Å². The second-order valence-corrected chi connectivity index (χ2v) is 34.2. The van der Waals surface area contributed by atoms with E-state index in [2.05, 4.69) is 303 Å². The molecular weight excluding hydrogens is 1630 g/mol. The van der Waals surface area contributed by atoms with Crippen molar-refractivity contribution in [2.24, 2.45) is 0 Å². The molecule has 24 aromatic carbocycles. The summed E-state index contributed by atoms with van der Waals surface area (Å²) in [4.78, 5) is 0. The second kappa shape index (κ2) is 33.9. The summed E-state index contributed by atoms with van der Waals surface area (Å²) >= 11 is 0. The molecule has 0 N–H and O–H groups in total. The Morgan fingerprint density at radius 3 is 0.815 bits per heavy atom. The van der Waals surface area contributed by atoms with Gasteiger partial charge in [-0.2, -0.15) is 0 Å². The molecule has 3 heteroatoms. The molecule has 3 heterocycles. The van der Waals surface area contributed by atoms with Gasteiger partial charge in [0.05, 0.1) is 13.7 Å². The van der Waals surface area contributed by atoms with Gasteiger partial charge >= 0.3 is 0 Å². The Bertz CT molecular complexity index is 9690. The average Bonchev–Trinajstić information content (AvgIpc) is 1.68. The van der Waals surface area contributed by atoms with E-state index >= 15 is 0 Å². The molecule has 27 rings (SSSR count). The molecule has 0 aliphatic rings. The molecule has 0 amide bonds. The lowest BCUT2D eigenvalue weighted by Crippen LogP contribution is -1.90. The van der Waals surface area contributed by atoms with Crippen molar-refractivity contribution in [3.05, 3.63) is 509 Å². The summed E-state index contributed by atoms with van der Waals surface area (Å²) in [5.74, 6) is 0. The van der Waals surface area contributed by atoms with E-state index in [0.717, 1.165) is 187 Å². The number of hydrogen-bond acceptors (Lipinski definition) is 3. The monoisotopic (exact) mass is 1730 g/mol. The fourth-order valence-electron chi connectivity index (χ4n) is 20.7. The normalized spacial score (nSPS) is 12.6. The standard InChI is InChI=1S/3C44H28O/c1-4-14-29(15-5-1)33-25-26-34(30-16-6-2-7-17-30)44-43(33)39-28-32(24-27-40(39)45-44)42-37-22-12-10-20-35(37)41(31-18-8-3-9-19-31)36-21-11-13-23-38(36)42;1-4-14-29(15-5-1)33-25-26-38-39-28-32(24-27-40(39)45-44(38)43(33)31-18-8-3-9-19-31)42-36-22-12-10-20-34(36)41(30-16-6-2-7-17-30)35-21-11-13-23-37(35)42;1-4-14-29(15-5-1)33-27-38(30-16-6-2-7-17-30)44-39-26-32(24-25-40(39)45-41(44)28-33)43-36-22-12-10-20-34(36)42(31-18-8-3-9-19-31)35-21-11-13-23-37(35)43/h3*1-28H/i;2D,6D,7D,16D,17D;3D,8D,9D,18D,19D. The molecule has 135 heavy (non-hydrogen) atoms. The zero-order valence-corrected chi connectivity index (χ0v) is 72.9. The zero-order chi connectivity index (χ0) is 97.9. The quantitative estimate of drug-likeness (QED) is 0.114. The highest BCUT2D eigenvalue weighted by atomic mass is 16.3. The minimum atomic E-state index is -0.402. The first-order chi connectivity index (χ1) is 71.2. The third-order valence-electron chi connectivity index (χ3n) is 26.6. The minimum Gasteiger partial charge on any atom is -0.456 e. The van der Waals surface area contributed by atoms with Crippen LogP contribution in [-0.4, -0.2) is 0 Å². The summed E-state index contributed by atoms with van der Waals surface area (Å²) in [6, 6.07) is 152. The van der Waals surface area contributed by atoms with Gasteiger partial charge in [0.1, 0.15) is 33.5 Å². The topological polar surface area (TPSA) is 39.4 Å².